The molecule has 1 unspecified atom stereocenters. The number of nitrogens with two attached hydrogens (primary N) is 2. The zero-order valence-corrected chi connectivity index (χ0v) is 11.5. The summed E-state index contributed by atoms with van der Waals surface area (Å²) in [6.45, 7) is 3.07. The van der Waals surface area contributed by atoms with Crippen LogP contribution < -0.4 is 16.4 Å². The second-order valence-electron chi connectivity index (χ2n) is 5.22. The molecule has 0 bridgehead atoms. The lowest BCUT2D eigenvalue weighted by atomic mass is 10.3. The van der Waals surface area contributed by atoms with Crippen LogP contribution in [0.5, 0.6) is 0 Å². The highest BCUT2D eigenvalue weighted by molar-refractivity contribution is 5.65. The molecule has 7 nitrogen and oxygen atoms in total. The number of hydrogen-bond acceptors (Lipinski definition) is 6. The maximum Gasteiger partial charge on any atom is 0.170 e. The molecule has 1 aliphatic rings. The number of rotatable bonds is 4. The van der Waals surface area contributed by atoms with Gasteiger partial charge in [0.2, 0.25) is 0 Å². The highest BCUT2D eigenvalue weighted by atomic mass is 15.4. The molecule has 1 aromatic heterocycles. The average molecular weight is 263 g/mol. The van der Waals surface area contributed by atoms with Crippen LogP contribution in [0.2, 0.25) is 0 Å². The number of nitrogen functional groups attached to an aromatic ring is 1. The van der Waals surface area contributed by atoms with Crippen molar-refractivity contribution in [3.63, 3.8) is 0 Å². The van der Waals surface area contributed by atoms with Crippen LogP contribution in [0.4, 0.5) is 11.6 Å². The number of nitriles is 1. The Balaban J connectivity index is 2.24. The number of hydrogen-bond donors (Lipinski definition) is 2. The van der Waals surface area contributed by atoms with E-state index in [9.17, 15) is 5.26 Å². The van der Waals surface area contributed by atoms with E-state index in [0.29, 0.717) is 23.7 Å². The Morgan fingerprint density at radius 1 is 1.53 bits per heavy atom. The van der Waals surface area contributed by atoms with Crippen LogP contribution >= 0.6 is 0 Å². The van der Waals surface area contributed by atoms with E-state index in [2.05, 4.69) is 16.1 Å². The Morgan fingerprint density at radius 3 is 2.79 bits per heavy atom. The Morgan fingerprint density at radius 2 is 2.26 bits per heavy atom. The first kappa shape index (κ1) is 13.6. The second kappa shape index (κ2) is 5.47. The molecule has 2 rings (SSSR count). The third-order valence-corrected chi connectivity index (χ3v) is 3.37. The third-order valence-electron chi connectivity index (χ3n) is 3.37. The monoisotopic (exact) mass is 263 g/mol. The molecule has 2 heterocycles. The van der Waals surface area contributed by atoms with Gasteiger partial charge in [0, 0.05) is 25.7 Å². The molecule has 0 radical (unpaired) electrons. The molecular formula is C12H21N7. The minimum Gasteiger partial charge on any atom is -0.383 e. The van der Waals surface area contributed by atoms with Crippen molar-refractivity contribution < 1.29 is 0 Å². The molecule has 0 aliphatic carbocycles. The normalized spacial score (nSPS) is 19.1. The van der Waals surface area contributed by atoms with Gasteiger partial charge in [0.15, 0.2) is 5.82 Å². The summed E-state index contributed by atoms with van der Waals surface area (Å²) >= 11 is 0. The van der Waals surface area contributed by atoms with Crippen molar-refractivity contribution in [2.24, 2.45) is 5.73 Å². The number of aromatic nitrogens is 2. The van der Waals surface area contributed by atoms with Gasteiger partial charge in [-0.25, -0.2) is 4.68 Å². The topological polar surface area (TPSA) is 100 Å². The van der Waals surface area contributed by atoms with Gasteiger partial charge in [0.25, 0.3) is 0 Å². The summed E-state index contributed by atoms with van der Waals surface area (Å²) in [5, 5.41) is 13.7. The largest absolute Gasteiger partial charge is 0.383 e. The van der Waals surface area contributed by atoms with Crippen molar-refractivity contribution >= 4 is 11.6 Å². The Labute approximate surface area is 113 Å². The van der Waals surface area contributed by atoms with E-state index in [0.717, 1.165) is 26.1 Å². The van der Waals surface area contributed by atoms with Gasteiger partial charge in [-0.2, -0.15) is 10.4 Å². The number of nitrogens with zero attached hydrogens (tertiary/aromatic N) is 5. The van der Waals surface area contributed by atoms with Gasteiger partial charge in [-0.3, -0.25) is 0 Å². The molecule has 1 aromatic rings. The molecule has 104 valence electrons. The van der Waals surface area contributed by atoms with Crippen molar-refractivity contribution in [3.8, 4) is 6.07 Å². The van der Waals surface area contributed by atoms with Crippen LogP contribution in [0.3, 0.4) is 0 Å². The Hall–Kier alpha value is -1.78. The summed E-state index contributed by atoms with van der Waals surface area (Å²) < 4.78 is 1.71. The summed E-state index contributed by atoms with van der Waals surface area (Å²) in [4.78, 5) is 4.10. The van der Waals surface area contributed by atoms with Crippen molar-refractivity contribution in [1.82, 2.24) is 14.7 Å². The summed E-state index contributed by atoms with van der Waals surface area (Å²) in [6.07, 6.45) is 0.926. The average Bonchev–Trinajstić information content (AvgIpc) is 2.90. The van der Waals surface area contributed by atoms with Gasteiger partial charge in [0.05, 0.1) is 6.54 Å². The van der Waals surface area contributed by atoms with E-state index >= 15 is 0 Å². The molecule has 1 saturated heterocycles. The lowest BCUT2D eigenvalue weighted by Gasteiger charge is -2.14. The van der Waals surface area contributed by atoms with Crippen molar-refractivity contribution in [3.05, 3.63) is 5.56 Å². The summed E-state index contributed by atoms with van der Waals surface area (Å²) in [7, 11) is 3.98. The van der Waals surface area contributed by atoms with Crippen LogP contribution in [-0.2, 0) is 6.54 Å². The van der Waals surface area contributed by atoms with Crippen molar-refractivity contribution in [2.45, 2.75) is 19.0 Å². The van der Waals surface area contributed by atoms with Gasteiger partial charge in [-0.1, -0.05) is 0 Å². The molecule has 0 spiro atoms. The molecule has 19 heavy (non-hydrogen) atoms. The highest BCUT2D eigenvalue weighted by Gasteiger charge is 2.26. The van der Waals surface area contributed by atoms with Crippen LogP contribution in [-0.4, -0.2) is 54.5 Å². The maximum atomic E-state index is 9.26. The fourth-order valence-corrected chi connectivity index (χ4v) is 2.24. The van der Waals surface area contributed by atoms with Gasteiger partial charge >= 0.3 is 0 Å². The molecule has 0 aromatic carbocycles. The fourth-order valence-electron chi connectivity index (χ4n) is 2.24. The lowest BCUT2D eigenvalue weighted by Crippen LogP contribution is -2.27. The summed E-state index contributed by atoms with van der Waals surface area (Å²) in [6, 6.07) is 2.31. The minimum absolute atomic E-state index is 0.152. The first-order valence-electron chi connectivity index (χ1n) is 6.44. The molecule has 0 saturated carbocycles. The van der Waals surface area contributed by atoms with E-state index in [1.54, 1.807) is 4.68 Å². The fraction of sp³-hybridized carbons (Fsp3) is 0.667. The molecule has 0 amide bonds. The Bertz CT molecular complexity index is 485. The van der Waals surface area contributed by atoms with Crippen LogP contribution in [0.1, 0.15) is 12.0 Å². The SMILES string of the molecule is CN(C)CCn1nc(N2CCC(N)C2)c(C#N)c1N. The quantitative estimate of drug-likeness (QED) is 0.755. The van der Waals surface area contributed by atoms with Gasteiger partial charge in [-0.05, 0) is 20.5 Å². The van der Waals surface area contributed by atoms with E-state index in [1.807, 2.05) is 19.0 Å². The van der Waals surface area contributed by atoms with Gasteiger partial charge in [-0.15, -0.1) is 0 Å². The standard InChI is InChI=1S/C12H21N7/c1-17(2)5-6-19-11(15)10(7-13)12(16-19)18-4-3-9(14)8-18/h9H,3-6,8,14-15H2,1-2H3. The molecular weight excluding hydrogens is 242 g/mol. The van der Waals surface area contributed by atoms with Crippen LogP contribution in [0.15, 0.2) is 0 Å². The first-order valence-corrected chi connectivity index (χ1v) is 6.44. The van der Waals surface area contributed by atoms with Crippen LogP contribution in [0.25, 0.3) is 0 Å². The number of anilines is 2. The molecule has 1 aliphatic heterocycles. The molecule has 1 atom stereocenters. The summed E-state index contributed by atoms with van der Waals surface area (Å²) in [5.41, 5.74) is 12.4. The Kier molecular flexibility index (Phi) is 3.93. The predicted octanol–water partition coefficient (Wildman–Crippen LogP) is -0.564. The maximum absolute atomic E-state index is 9.26. The van der Waals surface area contributed by atoms with E-state index in [-0.39, 0.29) is 6.04 Å². The van der Waals surface area contributed by atoms with Gasteiger partial charge in [0.1, 0.15) is 17.5 Å². The zero-order chi connectivity index (χ0) is 14.0. The minimum atomic E-state index is 0.152. The third kappa shape index (κ3) is 2.80. The van der Waals surface area contributed by atoms with E-state index in [1.165, 1.54) is 0 Å². The lowest BCUT2D eigenvalue weighted by molar-refractivity contribution is 0.375. The second-order valence-corrected chi connectivity index (χ2v) is 5.22. The van der Waals surface area contributed by atoms with E-state index in [4.69, 9.17) is 11.5 Å². The smallest absolute Gasteiger partial charge is 0.170 e. The zero-order valence-electron chi connectivity index (χ0n) is 11.5. The molecule has 1 fully saturated rings. The highest BCUT2D eigenvalue weighted by Crippen LogP contribution is 2.26. The molecule has 4 N–H and O–H groups in total. The first-order chi connectivity index (χ1) is 9.02. The van der Waals surface area contributed by atoms with Gasteiger partial charge < -0.3 is 21.3 Å². The number of likely N-dealkylation sites (N-methyl/N-ethyl adjacent to an activating group) is 1. The van der Waals surface area contributed by atoms with E-state index < -0.39 is 0 Å². The summed E-state index contributed by atoms with van der Waals surface area (Å²) in [5.74, 6) is 1.12. The molecule has 7 heteroatoms. The predicted molar refractivity (Wildman–Crippen MR) is 74.7 cm³/mol. The van der Waals surface area contributed by atoms with Crippen molar-refractivity contribution in [1.29, 1.82) is 5.26 Å². The van der Waals surface area contributed by atoms with Crippen molar-refractivity contribution in [2.75, 3.05) is 44.4 Å². The van der Waals surface area contributed by atoms with Crippen LogP contribution in [0, 0.1) is 11.3 Å².